The standard InChI is InChI=1S/C9H12N2O4/c1-2-3-10-9(15)11-5-6(12)4-7(11)8(13)14/h1,6-7,12H,3-5H2,(H,10,15)(H,13,14)/t6-,7-/m0/s1. The minimum absolute atomic E-state index is 0.0212. The number of likely N-dealkylation sites (tertiary alicyclic amines) is 1. The molecule has 1 heterocycles. The van der Waals surface area contributed by atoms with Crippen LogP contribution in [0.4, 0.5) is 4.79 Å². The molecule has 1 rings (SSSR count). The van der Waals surface area contributed by atoms with Crippen molar-refractivity contribution < 1.29 is 19.8 Å². The molecule has 0 bridgehead atoms. The summed E-state index contributed by atoms with van der Waals surface area (Å²) in [5.41, 5.74) is 0. The van der Waals surface area contributed by atoms with E-state index in [1.807, 2.05) is 0 Å². The number of urea groups is 1. The Kier molecular flexibility index (Phi) is 3.52. The summed E-state index contributed by atoms with van der Waals surface area (Å²) in [6.45, 7) is 0.0607. The third-order valence-corrected chi connectivity index (χ3v) is 2.17. The fourth-order valence-electron chi connectivity index (χ4n) is 1.50. The van der Waals surface area contributed by atoms with Gasteiger partial charge in [0.15, 0.2) is 0 Å². The molecule has 1 fully saturated rings. The summed E-state index contributed by atoms with van der Waals surface area (Å²) in [5.74, 6) is 1.09. The molecule has 82 valence electrons. The molecule has 0 aromatic rings. The Hall–Kier alpha value is -1.74. The van der Waals surface area contributed by atoms with Crippen LogP contribution in [0.25, 0.3) is 0 Å². The zero-order valence-corrected chi connectivity index (χ0v) is 8.01. The van der Waals surface area contributed by atoms with Gasteiger partial charge in [0.05, 0.1) is 12.6 Å². The fraction of sp³-hybridized carbons (Fsp3) is 0.556. The Morgan fingerprint density at radius 2 is 2.27 bits per heavy atom. The Balaban J connectivity index is 2.63. The summed E-state index contributed by atoms with van der Waals surface area (Å²) < 4.78 is 0. The van der Waals surface area contributed by atoms with Gasteiger partial charge in [0.1, 0.15) is 6.04 Å². The number of aliphatic hydroxyl groups is 1. The maximum absolute atomic E-state index is 11.4. The summed E-state index contributed by atoms with van der Waals surface area (Å²) in [4.78, 5) is 23.2. The molecular weight excluding hydrogens is 200 g/mol. The number of carboxylic acids is 1. The Morgan fingerprint density at radius 3 is 2.80 bits per heavy atom. The van der Waals surface area contributed by atoms with Crippen LogP contribution in [0, 0.1) is 12.3 Å². The summed E-state index contributed by atoms with van der Waals surface area (Å²) in [6.07, 6.45) is 4.21. The van der Waals surface area contributed by atoms with E-state index >= 15 is 0 Å². The van der Waals surface area contributed by atoms with Crippen molar-refractivity contribution >= 4 is 12.0 Å². The normalized spacial score (nSPS) is 24.7. The van der Waals surface area contributed by atoms with Gasteiger partial charge in [-0.3, -0.25) is 0 Å². The highest BCUT2D eigenvalue weighted by atomic mass is 16.4. The fourth-order valence-corrected chi connectivity index (χ4v) is 1.50. The molecule has 1 saturated heterocycles. The van der Waals surface area contributed by atoms with Crippen molar-refractivity contribution in [1.29, 1.82) is 0 Å². The number of amides is 2. The molecule has 6 nitrogen and oxygen atoms in total. The lowest BCUT2D eigenvalue weighted by Crippen LogP contribution is -2.46. The van der Waals surface area contributed by atoms with Crippen LogP contribution in [0.3, 0.4) is 0 Å². The first kappa shape index (κ1) is 11.3. The van der Waals surface area contributed by atoms with Gasteiger partial charge in [-0.2, -0.15) is 0 Å². The minimum atomic E-state index is -1.12. The topological polar surface area (TPSA) is 89.9 Å². The first-order chi connectivity index (χ1) is 7.06. The highest BCUT2D eigenvalue weighted by Crippen LogP contribution is 2.17. The number of carbonyl (C=O) groups excluding carboxylic acids is 1. The Morgan fingerprint density at radius 1 is 1.60 bits per heavy atom. The second-order valence-corrected chi connectivity index (χ2v) is 3.26. The molecule has 1 aliphatic heterocycles. The van der Waals surface area contributed by atoms with Crippen molar-refractivity contribution in [3.63, 3.8) is 0 Å². The number of carbonyl (C=O) groups is 2. The van der Waals surface area contributed by atoms with E-state index in [1.165, 1.54) is 0 Å². The van der Waals surface area contributed by atoms with E-state index in [1.54, 1.807) is 0 Å². The summed E-state index contributed by atoms with van der Waals surface area (Å²) >= 11 is 0. The molecule has 0 radical (unpaired) electrons. The molecule has 1 aliphatic rings. The van der Waals surface area contributed by atoms with Crippen LogP contribution >= 0.6 is 0 Å². The van der Waals surface area contributed by atoms with E-state index in [4.69, 9.17) is 11.5 Å². The van der Waals surface area contributed by atoms with E-state index in [9.17, 15) is 14.7 Å². The average molecular weight is 212 g/mol. The molecule has 0 aliphatic carbocycles. The number of aliphatic carboxylic acids is 1. The zero-order chi connectivity index (χ0) is 11.4. The van der Waals surface area contributed by atoms with E-state index in [0.29, 0.717) is 0 Å². The monoisotopic (exact) mass is 212 g/mol. The second kappa shape index (κ2) is 4.66. The Bertz CT molecular complexity index is 310. The molecule has 2 atom stereocenters. The lowest BCUT2D eigenvalue weighted by Gasteiger charge is -2.20. The average Bonchev–Trinajstić information content (AvgIpc) is 2.57. The molecule has 2 amide bonds. The van der Waals surface area contributed by atoms with Gasteiger partial charge >= 0.3 is 12.0 Å². The molecule has 0 unspecified atom stereocenters. The van der Waals surface area contributed by atoms with Gasteiger partial charge in [-0.25, -0.2) is 9.59 Å². The van der Waals surface area contributed by atoms with Crippen molar-refractivity contribution in [3.8, 4) is 12.3 Å². The number of carboxylic acid groups (broad SMARTS) is 1. The molecule has 3 N–H and O–H groups in total. The van der Waals surface area contributed by atoms with Crippen LogP contribution in [0.2, 0.25) is 0 Å². The molecule has 0 spiro atoms. The van der Waals surface area contributed by atoms with E-state index in [-0.39, 0.29) is 19.5 Å². The first-order valence-electron chi connectivity index (χ1n) is 4.45. The zero-order valence-electron chi connectivity index (χ0n) is 8.01. The largest absolute Gasteiger partial charge is 0.480 e. The number of nitrogens with one attached hydrogen (secondary N) is 1. The van der Waals surface area contributed by atoms with Gasteiger partial charge in [0.2, 0.25) is 0 Å². The first-order valence-corrected chi connectivity index (χ1v) is 4.45. The maximum atomic E-state index is 11.4. The van der Waals surface area contributed by atoms with Gasteiger partial charge in [-0.1, -0.05) is 5.92 Å². The lowest BCUT2D eigenvalue weighted by atomic mass is 10.2. The molecule has 6 heteroatoms. The smallest absolute Gasteiger partial charge is 0.326 e. The number of hydrogen-bond acceptors (Lipinski definition) is 3. The van der Waals surface area contributed by atoms with E-state index in [2.05, 4.69) is 11.2 Å². The van der Waals surface area contributed by atoms with Crippen molar-refractivity contribution in [2.45, 2.75) is 18.6 Å². The van der Waals surface area contributed by atoms with E-state index < -0.39 is 24.1 Å². The highest BCUT2D eigenvalue weighted by molar-refractivity contribution is 5.83. The van der Waals surface area contributed by atoms with Crippen LogP contribution in [0.1, 0.15) is 6.42 Å². The quantitative estimate of drug-likeness (QED) is 0.504. The minimum Gasteiger partial charge on any atom is -0.480 e. The summed E-state index contributed by atoms with van der Waals surface area (Å²) in [5, 5.41) is 20.4. The van der Waals surface area contributed by atoms with Crippen LogP contribution in [-0.2, 0) is 4.79 Å². The number of rotatable bonds is 2. The van der Waals surface area contributed by atoms with Gasteiger partial charge in [-0.15, -0.1) is 6.42 Å². The third-order valence-electron chi connectivity index (χ3n) is 2.17. The van der Waals surface area contributed by atoms with Crippen molar-refractivity contribution in [2.75, 3.05) is 13.1 Å². The van der Waals surface area contributed by atoms with Gasteiger partial charge < -0.3 is 20.4 Å². The SMILES string of the molecule is C#CCNC(=O)N1C[C@@H](O)C[C@H]1C(=O)O. The van der Waals surface area contributed by atoms with Gasteiger partial charge in [0.25, 0.3) is 0 Å². The summed E-state index contributed by atoms with van der Waals surface area (Å²) in [7, 11) is 0. The molecule has 15 heavy (non-hydrogen) atoms. The third kappa shape index (κ3) is 2.60. The van der Waals surface area contributed by atoms with Gasteiger partial charge in [-0.05, 0) is 0 Å². The number of terminal acetylenes is 1. The molecule has 0 saturated carbocycles. The van der Waals surface area contributed by atoms with Gasteiger partial charge in [0, 0.05) is 13.0 Å². The maximum Gasteiger partial charge on any atom is 0.326 e. The Labute approximate surface area is 86.9 Å². The van der Waals surface area contributed by atoms with Crippen LogP contribution in [0.5, 0.6) is 0 Å². The lowest BCUT2D eigenvalue weighted by molar-refractivity contribution is -0.141. The molecular formula is C9H12N2O4. The van der Waals surface area contributed by atoms with Crippen LogP contribution in [0.15, 0.2) is 0 Å². The van der Waals surface area contributed by atoms with Crippen molar-refractivity contribution in [1.82, 2.24) is 10.2 Å². The van der Waals surface area contributed by atoms with Crippen molar-refractivity contribution in [3.05, 3.63) is 0 Å². The second-order valence-electron chi connectivity index (χ2n) is 3.26. The summed E-state index contributed by atoms with van der Waals surface area (Å²) in [6, 6.07) is -1.53. The number of hydrogen-bond donors (Lipinski definition) is 3. The van der Waals surface area contributed by atoms with Crippen LogP contribution in [-0.4, -0.2) is 52.3 Å². The predicted octanol–water partition coefficient (Wildman–Crippen LogP) is -1.15. The predicted molar refractivity (Wildman–Crippen MR) is 51.0 cm³/mol. The number of β-amino-alcohol motifs (C(OH)–C–C–N with tert-alkyl or cyclic N) is 1. The van der Waals surface area contributed by atoms with E-state index in [0.717, 1.165) is 4.90 Å². The van der Waals surface area contributed by atoms with Crippen LogP contribution < -0.4 is 5.32 Å². The highest BCUT2D eigenvalue weighted by Gasteiger charge is 2.38. The molecule has 0 aromatic carbocycles. The number of aliphatic hydroxyl groups excluding tert-OH is 1. The van der Waals surface area contributed by atoms with Crippen molar-refractivity contribution in [2.24, 2.45) is 0 Å². The molecule has 0 aromatic heterocycles. The number of nitrogens with zero attached hydrogens (tertiary/aromatic N) is 1.